The summed E-state index contributed by atoms with van der Waals surface area (Å²) in [5, 5.41) is 6.77. The van der Waals surface area contributed by atoms with Crippen LogP contribution in [0.1, 0.15) is 24.8 Å². The Labute approximate surface area is 631 Å². The molecule has 17 heteroatoms. The van der Waals surface area contributed by atoms with Gasteiger partial charge in [-0.05, 0) is 134 Å². The quantitative estimate of drug-likeness (QED) is 0.0363. The number of rotatable bonds is 17. The summed E-state index contributed by atoms with van der Waals surface area (Å²) in [5.41, 5.74) is 21.3. The third kappa shape index (κ3) is 20.9. The molecule has 105 heavy (non-hydrogen) atoms. The third-order valence-corrected chi connectivity index (χ3v) is 23.1. The van der Waals surface area contributed by atoms with Crippen LogP contribution in [0.25, 0.3) is 132 Å². The normalized spacial score (nSPS) is 11.5. The summed E-state index contributed by atoms with van der Waals surface area (Å²) in [4.78, 5) is 28.1. The molecular formula is C88H84N6O6RuS2Si2. The smallest absolute Gasteiger partial charge is 0.748 e. The molecule has 0 fully saturated rings. The Balaban J connectivity index is 0.000000148. The molecule has 0 unspecified atom stereocenters. The van der Waals surface area contributed by atoms with Crippen LogP contribution < -0.4 is 0 Å². The second-order valence-electron chi connectivity index (χ2n) is 27.9. The van der Waals surface area contributed by atoms with E-state index < -0.39 is 36.4 Å². The van der Waals surface area contributed by atoms with Crippen LogP contribution in [-0.2, 0) is 46.1 Å². The van der Waals surface area contributed by atoms with E-state index in [1.807, 2.05) is 73.6 Å². The largest absolute Gasteiger partial charge is 2.00 e. The molecule has 6 aromatic heterocycles. The third-order valence-electron chi connectivity index (χ3n) is 17.8. The molecule has 0 saturated carbocycles. The van der Waals surface area contributed by atoms with Crippen LogP contribution in [0.3, 0.4) is 0 Å². The number of benzene rings is 9. The fourth-order valence-electron chi connectivity index (χ4n) is 12.8. The minimum atomic E-state index is -3.97. The van der Waals surface area contributed by atoms with Gasteiger partial charge in [-0.25, -0.2) is 16.8 Å². The summed E-state index contributed by atoms with van der Waals surface area (Å²) in [6.45, 7) is 16.8. The number of fused-ring (bicyclic) bond motifs is 9. The first-order chi connectivity index (χ1) is 50.1. The summed E-state index contributed by atoms with van der Waals surface area (Å²) >= 11 is 0. The van der Waals surface area contributed by atoms with Crippen molar-refractivity contribution in [1.29, 1.82) is 0 Å². The first-order valence-corrected chi connectivity index (χ1v) is 45.5. The summed E-state index contributed by atoms with van der Waals surface area (Å²) in [5.74, 6) is -0.394. The van der Waals surface area contributed by atoms with Gasteiger partial charge in [0.05, 0.1) is 53.3 Å². The van der Waals surface area contributed by atoms with Crippen LogP contribution in [0.5, 0.6) is 0 Å². The average Bonchev–Trinajstić information content (AvgIpc) is 0.771. The molecular weight excluding hydrogens is 1460 g/mol. The van der Waals surface area contributed by atoms with E-state index in [4.69, 9.17) is 9.97 Å². The topological polar surface area (TPSA) is 192 Å². The van der Waals surface area contributed by atoms with E-state index in [-0.39, 0.29) is 31.0 Å². The molecule has 0 aliphatic rings. The zero-order chi connectivity index (χ0) is 73.3. The fraction of sp³-hybridized carbons (Fsp3) is 0.159. The molecule has 530 valence electrons. The van der Waals surface area contributed by atoms with E-state index in [1.54, 1.807) is 0 Å². The van der Waals surface area contributed by atoms with Crippen molar-refractivity contribution in [3.05, 3.63) is 304 Å². The van der Waals surface area contributed by atoms with Crippen LogP contribution in [-0.4, -0.2) is 83.5 Å². The van der Waals surface area contributed by atoms with Gasteiger partial charge in [-0.1, -0.05) is 270 Å². The fourth-order valence-corrected chi connectivity index (χ4v) is 16.7. The zero-order valence-corrected chi connectivity index (χ0v) is 65.3. The number of allylic oxidation sites excluding steroid dienone is 1. The number of hydrogen-bond donors (Lipinski definition) is 0. The molecule has 0 aliphatic heterocycles. The van der Waals surface area contributed by atoms with Gasteiger partial charge in [0.25, 0.3) is 0 Å². The van der Waals surface area contributed by atoms with Crippen LogP contribution >= 0.6 is 0 Å². The van der Waals surface area contributed by atoms with Crippen molar-refractivity contribution in [3.63, 3.8) is 0 Å². The Hall–Kier alpha value is -9.94. The van der Waals surface area contributed by atoms with E-state index in [0.29, 0.717) is 12.8 Å². The second-order valence-corrected chi connectivity index (χ2v) is 42.2. The van der Waals surface area contributed by atoms with Gasteiger partial charge >= 0.3 is 19.5 Å². The van der Waals surface area contributed by atoms with Crippen molar-refractivity contribution in [2.45, 2.75) is 77.1 Å². The summed E-state index contributed by atoms with van der Waals surface area (Å²) < 4.78 is 61.1. The molecule has 0 N–H and O–H groups in total. The van der Waals surface area contributed by atoms with E-state index >= 15 is 0 Å². The van der Waals surface area contributed by atoms with Gasteiger partial charge < -0.3 is 9.11 Å². The minimum Gasteiger partial charge on any atom is -0.748 e. The molecule has 0 spiro atoms. The number of aromatic nitrogens is 6. The van der Waals surface area contributed by atoms with Gasteiger partial charge in [-0.15, -0.1) is 6.58 Å². The monoisotopic (exact) mass is 1540 g/mol. The van der Waals surface area contributed by atoms with Gasteiger partial charge in [0, 0.05) is 97.2 Å². The van der Waals surface area contributed by atoms with Gasteiger partial charge in [0.1, 0.15) is 0 Å². The Morgan fingerprint density at radius 1 is 0.314 bits per heavy atom. The molecule has 0 atom stereocenters. The summed E-state index contributed by atoms with van der Waals surface area (Å²) in [7, 11) is -10.3. The zero-order valence-electron chi connectivity index (χ0n) is 59.9. The maximum atomic E-state index is 10.2. The molecule has 15 rings (SSSR count). The van der Waals surface area contributed by atoms with E-state index in [9.17, 15) is 25.9 Å². The van der Waals surface area contributed by atoms with Crippen LogP contribution in [0, 0.1) is 0 Å². The molecule has 0 bridgehead atoms. The number of nitrogens with zero attached hydrogens (tertiary/aromatic N) is 6. The average molecular weight is 1540 g/mol. The minimum absolute atomic E-state index is 0. The SMILES string of the molecule is C=CCCc1ccc(-c2ccnc3c2ccc2c(-c4ccccc4)ccnc23)cc1.C[Si](C)(C)CCCS(=O)(=O)[O-].C[Si](C)(C)CCCS(=O)(=O)[O-].[Ru+2].c1ccc(-c2ccnc3c2ccc2c(-c4ccccc4)ccnc23)cc1.c1ccc(-c2ccnc3c2ccc2c(-c4ccccc4)ccnc23)cc1. The molecule has 12 nitrogen and oxygen atoms in total. The molecule has 6 heterocycles. The Morgan fingerprint density at radius 2 is 0.524 bits per heavy atom. The first-order valence-electron chi connectivity index (χ1n) is 34.9. The van der Waals surface area contributed by atoms with E-state index in [1.165, 1.54) is 72.3 Å². The molecule has 9 aromatic carbocycles. The van der Waals surface area contributed by atoms with Crippen LogP contribution in [0.15, 0.2) is 299 Å². The number of pyridine rings is 6. The van der Waals surface area contributed by atoms with Crippen molar-refractivity contribution in [2.75, 3.05) is 11.5 Å². The van der Waals surface area contributed by atoms with E-state index in [0.717, 1.165) is 90.3 Å². The molecule has 15 aromatic rings. The maximum absolute atomic E-state index is 10.2. The van der Waals surface area contributed by atoms with Crippen molar-refractivity contribution in [2.24, 2.45) is 0 Å². The Bertz CT molecular complexity index is 5230. The number of hydrogen-bond acceptors (Lipinski definition) is 12. The van der Waals surface area contributed by atoms with Crippen LogP contribution in [0.4, 0.5) is 0 Å². The number of aryl methyl sites for hydroxylation is 1. The van der Waals surface area contributed by atoms with Gasteiger partial charge in [-0.2, -0.15) is 0 Å². The van der Waals surface area contributed by atoms with Gasteiger partial charge in [0.2, 0.25) is 0 Å². The summed E-state index contributed by atoms with van der Waals surface area (Å²) in [6.07, 6.45) is 16.3. The Kier molecular flexibility index (Phi) is 26.4. The molecule has 0 aliphatic carbocycles. The van der Waals surface area contributed by atoms with Crippen LogP contribution in [0.2, 0.25) is 51.4 Å². The molecule has 0 saturated heterocycles. The summed E-state index contributed by atoms with van der Waals surface area (Å²) in [6, 6.07) is 88.3. The van der Waals surface area contributed by atoms with Gasteiger partial charge in [-0.3, -0.25) is 29.9 Å². The van der Waals surface area contributed by atoms with E-state index in [2.05, 4.69) is 284 Å². The van der Waals surface area contributed by atoms with Crippen molar-refractivity contribution >= 4 is 102 Å². The van der Waals surface area contributed by atoms with Crippen molar-refractivity contribution < 1.29 is 45.4 Å². The first kappa shape index (κ1) is 77.7. The predicted octanol–water partition coefficient (Wildman–Crippen LogP) is 22.0. The van der Waals surface area contributed by atoms with Crippen molar-refractivity contribution in [3.8, 4) is 66.8 Å². The Morgan fingerprint density at radius 3 is 0.714 bits per heavy atom. The van der Waals surface area contributed by atoms with Gasteiger partial charge in [0.15, 0.2) is 0 Å². The second kappa shape index (κ2) is 35.7. The maximum Gasteiger partial charge on any atom is 2.00 e. The standard InChI is InChI=1S/C28H22N2.2C24H16N2.2C6H16O3SSi.Ru/c1-2-3-7-20-10-12-22(13-11-20)24-17-19-30-28-26(24)15-14-25-23(16-18-29-27(25)28)21-8-5-4-6-9-21;2*1-3-7-17(8-4-1)19-13-15-25-23-21(19)11-12-22-20(14-16-26-24(22)23)18-9-5-2-6-10-18;2*1-11(2,3)6-4-5-10(7,8)9;/h2,4-6,8-19H,1,3,7H2;2*1-16H;2*4-6H2,1-3H3,(H,7,8,9);/q;;;;;+2/p-2. The van der Waals surface area contributed by atoms with Crippen molar-refractivity contribution in [1.82, 2.24) is 29.9 Å². The molecule has 0 radical (unpaired) electrons. The predicted molar refractivity (Wildman–Crippen MR) is 437 cm³/mol. The molecule has 0 amide bonds.